The van der Waals surface area contributed by atoms with Gasteiger partial charge in [0.25, 0.3) is 0 Å². The summed E-state index contributed by atoms with van der Waals surface area (Å²) in [6.07, 6.45) is 3.99. The average Bonchev–Trinajstić information content (AvgIpc) is 2.43. The first-order chi connectivity index (χ1) is 9.92. The van der Waals surface area contributed by atoms with Gasteiger partial charge in [0.2, 0.25) is 0 Å². The molecule has 1 aromatic carbocycles. The Morgan fingerprint density at radius 2 is 1.76 bits per heavy atom. The topological polar surface area (TPSA) is 32.5 Å². The highest BCUT2D eigenvalue weighted by atomic mass is 15.2. The minimum absolute atomic E-state index is 0.0211. The van der Waals surface area contributed by atoms with Crippen LogP contribution in [0.5, 0.6) is 0 Å². The summed E-state index contributed by atoms with van der Waals surface area (Å²) < 4.78 is 0. The lowest BCUT2D eigenvalue weighted by molar-refractivity contribution is 0.0230. The summed E-state index contributed by atoms with van der Waals surface area (Å²) in [7, 11) is 6.67. The first-order valence-electron chi connectivity index (χ1n) is 8.03. The summed E-state index contributed by atoms with van der Waals surface area (Å²) in [6, 6.07) is 10.7. The number of nitrogens with two attached hydrogens (primary N) is 1. The van der Waals surface area contributed by atoms with Crippen molar-refractivity contribution in [3.63, 3.8) is 0 Å². The van der Waals surface area contributed by atoms with Crippen molar-refractivity contribution in [1.29, 1.82) is 0 Å². The molecular formula is C18H31N3. The fourth-order valence-corrected chi connectivity index (χ4v) is 3.60. The van der Waals surface area contributed by atoms with E-state index in [9.17, 15) is 0 Å². The summed E-state index contributed by atoms with van der Waals surface area (Å²) in [5.74, 6) is 0. The molecule has 0 bridgehead atoms. The van der Waals surface area contributed by atoms with Gasteiger partial charge in [0.05, 0.1) is 0 Å². The number of nitrogens with zero attached hydrogens (tertiary/aromatic N) is 2. The van der Waals surface area contributed by atoms with E-state index < -0.39 is 0 Å². The van der Waals surface area contributed by atoms with Crippen LogP contribution >= 0.6 is 0 Å². The molecule has 0 aliphatic heterocycles. The second kappa shape index (κ2) is 6.47. The lowest BCUT2D eigenvalue weighted by Crippen LogP contribution is -2.58. The van der Waals surface area contributed by atoms with Gasteiger partial charge in [-0.1, -0.05) is 37.3 Å². The van der Waals surface area contributed by atoms with E-state index in [1.54, 1.807) is 0 Å². The number of rotatable bonds is 7. The molecule has 0 spiro atoms. The predicted molar refractivity (Wildman–Crippen MR) is 90.6 cm³/mol. The normalized spacial score (nSPS) is 20.3. The Hall–Kier alpha value is -0.900. The van der Waals surface area contributed by atoms with Crippen LogP contribution < -0.4 is 5.73 Å². The lowest BCUT2D eigenvalue weighted by Gasteiger charge is -2.50. The molecule has 1 unspecified atom stereocenters. The Bertz CT molecular complexity index is 439. The van der Waals surface area contributed by atoms with Crippen LogP contribution in [-0.4, -0.2) is 56.1 Å². The van der Waals surface area contributed by atoms with Crippen LogP contribution in [0.25, 0.3) is 0 Å². The molecule has 0 heterocycles. The molecule has 1 atom stereocenters. The van der Waals surface area contributed by atoms with E-state index in [1.807, 2.05) is 0 Å². The van der Waals surface area contributed by atoms with Gasteiger partial charge in [0, 0.05) is 30.6 Å². The van der Waals surface area contributed by atoms with E-state index in [0.717, 1.165) is 13.1 Å². The molecule has 2 N–H and O–H groups in total. The molecule has 1 fully saturated rings. The van der Waals surface area contributed by atoms with Crippen molar-refractivity contribution in [3.8, 4) is 0 Å². The van der Waals surface area contributed by atoms with E-state index in [2.05, 4.69) is 68.2 Å². The van der Waals surface area contributed by atoms with Gasteiger partial charge in [-0.2, -0.15) is 0 Å². The standard InChI is InChI=1S/C18H31N3/c1-17(13-19,16-9-6-5-7-10-16)14-21(4)15-18(20(2)3)11-8-12-18/h5-7,9-10H,8,11-15,19H2,1-4H3. The molecule has 0 saturated heterocycles. The third-order valence-corrected chi connectivity index (χ3v) is 5.34. The van der Waals surface area contributed by atoms with Gasteiger partial charge in [0.15, 0.2) is 0 Å². The van der Waals surface area contributed by atoms with E-state index in [1.165, 1.54) is 24.8 Å². The second-order valence-electron chi connectivity index (χ2n) is 7.28. The van der Waals surface area contributed by atoms with Gasteiger partial charge < -0.3 is 15.5 Å². The molecule has 0 aromatic heterocycles. The highest BCUT2D eigenvalue weighted by Gasteiger charge is 2.40. The third kappa shape index (κ3) is 3.47. The van der Waals surface area contributed by atoms with Crippen molar-refractivity contribution in [3.05, 3.63) is 35.9 Å². The predicted octanol–water partition coefficient (Wildman–Crippen LogP) is 2.32. The van der Waals surface area contributed by atoms with Gasteiger partial charge in [-0.05, 0) is 46.0 Å². The molecule has 1 aromatic rings. The fraction of sp³-hybridized carbons (Fsp3) is 0.667. The molecule has 1 aliphatic rings. The van der Waals surface area contributed by atoms with Crippen LogP contribution in [0.3, 0.4) is 0 Å². The van der Waals surface area contributed by atoms with Gasteiger partial charge in [-0.25, -0.2) is 0 Å². The minimum Gasteiger partial charge on any atom is -0.330 e. The maximum atomic E-state index is 6.12. The number of likely N-dealkylation sites (N-methyl/N-ethyl adjacent to an activating group) is 2. The van der Waals surface area contributed by atoms with Crippen LogP contribution in [0.15, 0.2) is 30.3 Å². The summed E-state index contributed by atoms with van der Waals surface area (Å²) in [6.45, 7) is 5.09. The Morgan fingerprint density at radius 1 is 1.14 bits per heavy atom. The monoisotopic (exact) mass is 289 g/mol. The summed E-state index contributed by atoms with van der Waals surface area (Å²) in [5.41, 5.74) is 7.86. The summed E-state index contributed by atoms with van der Waals surface area (Å²) in [4.78, 5) is 4.88. The molecule has 0 amide bonds. The molecule has 3 heteroatoms. The van der Waals surface area contributed by atoms with Crippen LogP contribution in [-0.2, 0) is 5.41 Å². The molecule has 21 heavy (non-hydrogen) atoms. The van der Waals surface area contributed by atoms with Crippen LogP contribution in [0.1, 0.15) is 31.7 Å². The van der Waals surface area contributed by atoms with Gasteiger partial charge in [-0.3, -0.25) is 0 Å². The zero-order chi connectivity index (χ0) is 15.5. The minimum atomic E-state index is 0.0211. The Labute approximate surface area is 130 Å². The first-order valence-corrected chi connectivity index (χ1v) is 8.03. The van der Waals surface area contributed by atoms with Crippen LogP contribution in [0, 0.1) is 0 Å². The molecular weight excluding hydrogens is 258 g/mol. The number of benzene rings is 1. The van der Waals surface area contributed by atoms with Crippen molar-refractivity contribution >= 4 is 0 Å². The van der Waals surface area contributed by atoms with E-state index >= 15 is 0 Å². The SMILES string of the molecule is CN(CC(C)(CN)c1ccccc1)CC1(N(C)C)CCC1. The van der Waals surface area contributed by atoms with Gasteiger partial charge in [0.1, 0.15) is 0 Å². The zero-order valence-corrected chi connectivity index (χ0v) is 14.1. The maximum absolute atomic E-state index is 6.12. The molecule has 118 valence electrons. The smallest absolute Gasteiger partial charge is 0.0330 e. The van der Waals surface area contributed by atoms with E-state index in [4.69, 9.17) is 5.73 Å². The quantitative estimate of drug-likeness (QED) is 0.836. The highest BCUT2D eigenvalue weighted by molar-refractivity contribution is 5.25. The second-order valence-corrected chi connectivity index (χ2v) is 7.28. The molecule has 1 aliphatic carbocycles. The third-order valence-electron chi connectivity index (χ3n) is 5.34. The van der Waals surface area contributed by atoms with Crippen molar-refractivity contribution < 1.29 is 0 Å². The Balaban J connectivity index is 2.05. The highest BCUT2D eigenvalue weighted by Crippen LogP contribution is 2.37. The molecule has 2 rings (SSSR count). The number of hydrogen-bond acceptors (Lipinski definition) is 3. The summed E-state index contributed by atoms with van der Waals surface area (Å²) >= 11 is 0. The van der Waals surface area contributed by atoms with E-state index in [0.29, 0.717) is 12.1 Å². The van der Waals surface area contributed by atoms with Gasteiger partial charge in [-0.15, -0.1) is 0 Å². The lowest BCUT2D eigenvalue weighted by atomic mass is 9.74. The van der Waals surface area contributed by atoms with Crippen LogP contribution in [0.2, 0.25) is 0 Å². The maximum Gasteiger partial charge on any atom is 0.0330 e. The molecule has 1 saturated carbocycles. The van der Waals surface area contributed by atoms with E-state index in [-0.39, 0.29) is 5.41 Å². The van der Waals surface area contributed by atoms with Crippen molar-refractivity contribution in [2.24, 2.45) is 5.73 Å². The first kappa shape index (κ1) is 16.5. The molecule has 3 nitrogen and oxygen atoms in total. The van der Waals surface area contributed by atoms with Crippen molar-refractivity contribution in [1.82, 2.24) is 9.80 Å². The number of hydrogen-bond donors (Lipinski definition) is 1. The largest absolute Gasteiger partial charge is 0.330 e. The van der Waals surface area contributed by atoms with Gasteiger partial charge >= 0.3 is 0 Å². The Morgan fingerprint density at radius 3 is 2.19 bits per heavy atom. The Kier molecular flexibility index (Phi) is 5.07. The zero-order valence-electron chi connectivity index (χ0n) is 14.1. The average molecular weight is 289 g/mol. The van der Waals surface area contributed by atoms with Crippen molar-refractivity contribution in [2.75, 3.05) is 40.8 Å². The molecule has 0 radical (unpaired) electrons. The van der Waals surface area contributed by atoms with Crippen LogP contribution in [0.4, 0.5) is 0 Å². The van der Waals surface area contributed by atoms with Crippen molar-refractivity contribution in [2.45, 2.75) is 37.1 Å². The fourth-order valence-electron chi connectivity index (χ4n) is 3.60. The summed E-state index contributed by atoms with van der Waals surface area (Å²) in [5, 5.41) is 0.